The van der Waals surface area contributed by atoms with Gasteiger partial charge < -0.3 is 10.6 Å². The van der Waals surface area contributed by atoms with Crippen molar-refractivity contribution in [2.75, 3.05) is 26.2 Å². The topological polar surface area (TPSA) is 48.8 Å². The zero-order valence-electron chi connectivity index (χ0n) is 18.2. The summed E-state index contributed by atoms with van der Waals surface area (Å²) >= 11 is 0. The Morgan fingerprint density at radius 2 is 0.967 bits per heavy atom. The molecular weight excluding hydrogens is 368 g/mol. The molecule has 3 aliphatic rings. The first-order valence-electron chi connectivity index (χ1n) is 11.6. The molecule has 30 heavy (non-hydrogen) atoms. The minimum atomic E-state index is 0.893. The highest BCUT2D eigenvalue weighted by atomic mass is 14.9. The van der Waals surface area contributed by atoms with Crippen molar-refractivity contribution >= 4 is 11.4 Å². The van der Waals surface area contributed by atoms with Gasteiger partial charge in [0.05, 0.1) is 22.8 Å². The fourth-order valence-electron chi connectivity index (χ4n) is 3.68. The second-order valence-corrected chi connectivity index (χ2v) is 7.86. The van der Waals surface area contributed by atoms with Crippen LogP contribution in [0, 0.1) is 0 Å². The molecule has 0 saturated heterocycles. The summed E-state index contributed by atoms with van der Waals surface area (Å²) in [5, 5.41) is 7.19. The Morgan fingerprint density at radius 1 is 0.500 bits per heavy atom. The molecule has 0 aromatic rings. The molecule has 1 heterocycles. The maximum Gasteiger partial charge on any atom is 0.0805 e. The molecule has 3 rings (SSSR count). The van der Waals surface area contributed by atoms with Gasteiger partial charge in [0, 0.05) is 26.2 Å². The van der Waals surface area contributed by atoms with E-state index in [0.29, 0.717) is 0 Å². The summed E-state index contributed by atoms with van der Waals surface area (Å²) < 4.78 is 0. The summed E-state index contributed by atoms with van der Waals surface area (Å²) in [7, 11) is 0. The van der Waals surface area contributed by atoms with E-state index in [4.69, 9.17) is 9.98 Å². The quantitative estimate of drug-likeness (QED) is 0.583. The Labute approximate surface area is 182 Å². The number of nitrogens with zero attached hydrogens (tertiary/aromatic N) is 2. The van der Waals surface area contributed by atoms with Crippen molar-refractivity contribution < 1.29 is 0 Å². The summed E-state index contributed by atoms with van der Waals surface area (Å²) in [6.45, 7) is 3.77. The van der Waals surface area contributed by atoms with Crippen LogP contribution in [-0.2, 0) is 0 Å². The van der Waals surface area contributed by atoms with Gasteiger partial charge in [-0.15, -0.1) is 0 Å². The highest BCUT2D eigenvalue weighted by molar-refractivity contribution is 6.09. The normalized spacial score (nSPS) is 21.9. The van der Waals surface area contributed by atoms with Crippen molar-refractivity contribution in [2.24, 2.45) is 9.98 Å². The maximum absolute atomic E-state index is 4.86. The molecule has 2 aliphatic carbocycles. The van der Waals surface area contributed by atoms with Gasteiger partial charge in [-0.05, 0) is 50.0 Å². The van der Waals surface area contributed by atoms with Crippen LogP contribution in [0.2, 0.25) is 0 Å². The van der Waals surface area contributed by atoms with Crippen LogP contribution in [0.25, 0.3) is 0 Å². The number of nitrogens with one attached hydrogen (secondary N) is 2. The largest absolute Gasteiger partial charge is 0.383 e. The Kier molecular flexibility index (Phi) is 9.99. The Balaban J connectivity index is 1.57. The predicted octanol–water partition coefficient (Wildman–Crippen LogP) is 5.20. The first kappa shape index (κ1) is 22.1. The predicted molar refractivity (Wildman–Crippen MR) is 130 cm³/mol. The number of allylic oxidation sites excluding steroid dienone is 10. The molecule has 2 N–H and O–H groups in total. The first-order chi connectivity index (χ1) is 14.9. The Hall–Kier alpha value is -2.62. The van der Waals surface area contributed by atoms with Gasteiger partial charge in [0.2, 0.25) is 0 Å². The van der Waals surface area contributed by atoms with Gasteiger partial charge in [-0.2, -0.15) is 0 Å². The van der Waals surface area contributed by atoms with Crippen LogP contribution in [0.3, 0.4) is 0 Å². The molecule has 4 heteroatoms. The number of aliphatic imine (C=N–C) groups is 2. The van der Waals surface area contributed by atoms with Crippen LogP contribution in [0.4, 0.5) is 0 Å². The van der Waals surface area contributed by atoms with Crippen molar-refractivity contribution in [3.63, 3.8) is 0 Å². The monoisotopic (exact) mass is 404 g/mol. The van der Waals surface area contributed by atoms with Crippen LogP contribution in [0.1, 0.15) is 51.4 Å². The number of rotatable bonds is 0. The fraction of sp³-hybridized carbons (Fsp3) is 0.462. The van der Waals surface area contributed by atoms with E-state index < -0.39 is 0 Å². The molecule has 0 aromatic carbocycles. The van der Waals surface area contributed by atoms with Crippen molar-refractivity contribution in [3.8, 4) is 0 Å². The standard InChI is InChI=1S/C26H36N4/c1-2-12-20-28-25-17-9-6-10-18-26(25)30-22-14-4-3-13-21-29-24-16-8-5-7-15-23(24)27-19-11-1/h5-10,15-18,27,30H,1-4,11-14,19-22H2. The third-order valence-electron chi connectivity index (χ3n) is 5.40. The molecule has 0 unspecified atom stereocenters. The lowest BCUT2D eigenvalue weighted by atomic mass is 10.1. The molecule has 0 bridgehead atoms. The van der Waals surface area contributed by atoms with E-state index in [1.165, 1.54) is 38.5 Å². The zero-order valence-corrected chi connectivity index (χ0v) is 18.2. The van der Waals surface area contributed by atoms with E-state index >= 15 is 0 Å². The van der Waals surface area contributed by atoms with Gasteiger partial charge in [-0.1, -0.05) is 62.1 Å². The lowest BCUT2D eigenvalue weighted by Gasteiger charge is -2.12. The van der Waals surface area contributed by atoms with Crippen LogP contribution in [-0.4, -0.2) is 37.6 Å². The summed E-state index contributed by atoms with van der Waals surface area (Å²) in [5.74, 6) is 0. The molecular formula is C26H36N4. The van der Waals surface area contributed by atoms with E-state index in [9.17, 15) is 0 Å². The van der Waals surface area contributed by atoms with Crippen LogP contribution in [0.15, 0.2) is 82.1 Å². The third-order valence-corrected chi connectivity index (χ3v) is 5.40. The van der Waals surface area contributed by atoms with Crippen LogP contribution in [0.5, 0.6) is 0 Å². The van der Waals surface area contributed by atoms with Crippen LogP contribution >= 0.6 is 0 Å². The lowest BCUT2D eigenvalue weighted by molar-refractivity contribution is 0.621. The maximum atomic E-state index is 4.86. The molecule has 0 radical (unpaired) electrons. The zero-order chi connectivity index (χ0) is 20.7. The average molecular weight is 405 g/mol. The summed E-state index contributed by atoms with van der Waals surface area (Å²) in [4.78, 5) is 9.73. The van der Waals surface area contributed by atoms with Gasteiger partial charge >= 0.3 is 0 Å². The van der Waals surface area contributed by atoms with Crippen molar-refractivity contribution in [2.45, 2.75) is 51.4 Å². The number of fused-ring (bicyclic) bond motifs is 2. The smallest absolute Gasteiger partial charge is 0.0805 e. The fourth-order valence-corrected chi connectivity index (χ4v) is 3.68. The van der Waals surface area contributed by atoms with Crippen molar-refractivity contribution in [1.82, 2.24) is 10.6 Å². The van der Waals surface area contributed by atoms with Gasteiger partial charge in [0.25, 0.3) is 0 Å². The van der Waals surface area contributed by atoms with E-state index in [1.54, 1.807) is 0 Å². The third kappa shape index (κ3) is 8.02. The number of hydrogen-bond donors (Lipinski definition) is 2. The molecule has 1 aliphatic heterocycles. The highest BCUT2D eigenvalue weighted by Crippen LogP contribution is 2.09. The Morgan fingerprint density at radius 3 is 1.47 bits per heavy atom. The molecule has 0 amide bonds. The SMILES string of the molecule is C1=CC=C2NCCCCCCN=C3C=CC=CC=C3NCCCCCCN=C2C=C1. The second kappa shape index (κ2) is 13.6. The van der Waals surface area contributed by atoms with Crippen molar-refractivity contribution in [3.05, 3.63) is 72.2 Å². The summed E-state index contributed by atoms with van der Waals surface area (Å²) in [6, 6.07) is 0. The summed E-state index contributed by atoms with van der Waals surface area (Å²) in [6.07, 6.45) is 30.5. The summed E-state index contributed by atoms with van der Waals surface area (Å²) in [5.41, 5.74) is 4.47. The molecule has 4 nitrogen and oxygen atoms in total. The Bertz CT molecular complexity index is 709. The second-order valence-electron chi connectivity index (χ2n) is 7.86. The minimum absolute atomic E-state index is 0.893. The lowest BCUT2D eigenvalue weighted by Crippen LogP contribution is -2.21. The van der Waals surface area contributed by atoms with Gasteiger partial charge in [0.15, 0.2) is 0 Å². The van der Waals surface area contributed by atoms with E-state index in [2.05, 4.69) is 71.4 Å². The molecule has 0 spiro atoms. The molecule has 0 aromatic heterocycles. The molecule has 0 atom stereocenters. The molecule has 160 valence electrons. The van der Waals surface area contributed by atoms with E-state index in [-0.39, 0.29) is 0 Å². The van der Waals surface area contributed by atoms with Gasteiger partial charge in [0.1, 0.15) is 0 Å². The van der Waals surface area contributed by atoms with Crippen LogP contribution < -0.4 is 10.6 Å². The average Bonchev–Trinajstić information content (AvgIpc) is 3.12. The van der Waals surface area contributed by atoms with E-state index in [1.807, 2.05) is 0 Å². The molecule has 0 saturated carbocycles. The van der Waals surface area contributed by atoms with Crippen molar-refractivity contribution in [1.29, 1.82) is 0 Å². The van der Waals surface area contributed by atoms with Gasteiger partial charge in [-0.25, -0.2) is 0 Å². The van der Waals surface area contributed by atoms with Gasteiger partial charge in [-0.3, -0.25) is 9.98 Å². The highest BCUT2D eigenvalue weighted by Gasteiger charge is 2.06. The molecule has 0 fully saturated rings. The number of hydrogen-bond acceptors (Lipinski definition) is 4. The first-order valence-corrected chi connectivity index (χ1v) is 11.6. The minimum Gasteiger partial charge on any atom is -0.383 e. The van der Waals surface area contributed by atoms with E-state index in [0.717, 1.165) is 61.8 Å².